The van der Waals surface area contributed by atoms with E-state index >= 15 is 0 Å². The maximum atomic E-state index is 10.7. The van der Waals surface area contributed by atoms with Crippen LogP contribution in [0.4, 0.5) is 0 Å². The van der Waals surface area contributed by atoms with E-state index in [1.165, 1.54) is 25.1 Å². The summed E-state index contributed by atoms with van der Waals surface area (Å²) >= 11 is 0. The van der Waals surface area contributed by atoms with Crippen LogP contribution in [0.25, 0.3) is 0 Å². The van der Waals surface area contributed by atoms with Gasteiger partial charge < -0.3 is 5.11 Å². The molecule has 0 saturated heterocycles. The number of carboxylic acid groups (broad SMARTS) is 1. The predicted molar refractivity (Wildman–Crippen MR) is 46.5 cm³/mol. The van der Waals surface area contributed by atoms with E-state index in [4.69, 9.17) is 5.11 Å². The first-order valence-electron chi connectivity index (χ1n) is 4.52. The Bertz CT molecular complexity index is 315. The summed E-state index contributed by atoms with van der Waals surface area (Å²) in [4.78, 5) is 10.7. The first-order chi connectivity index (χ1) is 6.27. The zero-order valence-electron chi connectivity index (χ0n) is 7.31. The van der Waals surface area contributed by atoms with E-state index in [0.717, 1.165) is 18.9 Å². The van der Waals surface area contributed by atoms with Gasteiger partial charge in [0.25, 0.3) is 0 Å². The molecule has 4 nitrogen and oxygen atoms in total. The fraction of sp³-hybridized carbons (Fsp3) is 0.556. The normalized spacial score (nSPS) is 16.0. The van der Waals surface area contributed by atoms with Crippen LogP contribution in [-0.2, 0) is 6.54 Å². The lowest BCUT2D eigenvalue weighted by atomic mass is 10.3. The van der Waals surface area contributed by atoms with Crippen molar-refractivity contribution in [1.29, 1.82) is 0 Å². The second kappa shape index (κ2) is 3.20. The number of rotatable bonds is 4. The number of hydrogen-bond donors (Lipinski definition) is 1. The molecule has 2 rings (SSSR count). The summed E-state index contributed by atoms with van der Waals surface area (Å²) < 4.78 is 1.57. The SMILES string of the molecule is O=C(O)c1ccnn1CCC1CC1. The molecule has 1 heterocycles. The minimum Gasteiger partial charge on any atom is -0.477 e. The molecule has 1 saturated carbocycles. The van der Waals surface area contributed by atoms with Gasteiger partial charge in [-0.1, -0.05) is 12.8 Å². The van der Waals surface area contributed by atoms with Crippen LogP contribution in [0.3, 0.4) is 0 Å². The monoisotopic (exact) mass is 180 g/mol. The molecule has 0 unspecified atom stereocenters. The number of aryl methyl sites for hydroxylation is 1. The van der Waals surface area contributed by atoms with Crippen LogP contribution >= 0.6 is 0 Å². The van der Waals surface area contributed by atoms with Gasteiger partial charge in [-0.15, -0.1) is 0 Å². The summed E-state index contributed by atoms with van der Waals surface area (Å²) in [5, 5.41) is 12.7. The number of hydrogen-bond acceptors (Lipinski definition) is 2. The Labute approximate surface area is 76.2 Å². The molecule has 13 heavy (non-hydrogen) atoms. The Morgan fingerprint density at radius 1 is 1.69 bits per heavy atom. The van der Waals surface area contributed by atoms with Crippen molar-refractivity contribution in [3.8, 4) is 0 Å². The van der Waals surface area contributed by atoms with E-state index in [1.807, 2.05) is 0 Å². The molecule has 0 aliphatic heterocycles. The van der Waals surface area contributed by atoms with E-state index in [-0.39, 0.29) is 0 Å². The minimum absolute atomic E-state index is 0.292. The van der Waals surface area contributed by atoms with Gasteiger partial charge in [-0.2, -0.15) is 5.10 Å². The molecule has 70 valence electrons. The quantitative estimate of drug-likeness (QED) is 0.761. The van der Waals surface area contributed by atoms with Gasteiger partial charge in [-0.3, -0.25) is 4.68 Å². The van der Waals surface area contributed by atoms with Crippen molar-refractivity contribution in [1.82, 2.24) is 9.78 Å². The Hall–Kier alpha value is -1.32. The molecule has 1 N–H and O–H groups in total. The highest BCUT2D eigenvalue weighted by atomic mass is 16.4. The summed E-state index contributed by atoms with van der Waals surface area (Å²) in [6, 6.07) is 1.54. The summed E-state index contributed by atoms with van der Waals surface area (Å²) in [6.45, 7) is 0.735. The third kappa shape index (κ3) is 1.88. The van der Waals surface area contributed by atoms with Gasteiger partial charge in [0.15, 0.2) is 0 Å². The summed E-state index contributed by atoms with van der Waals surface area (Å²) in [7, 11) is 0. The van der Waals surface area contributed by atoms with Crippen LogP contribution < -0.4 is 0 Å². The maximum absolute atomic E-state index is 10.7. The highest BCUT2D eigenvalue weighted by molar-refractivity contribution is 5.85. The van der Waals surface area contributed by atoms with Gasteiger partial charge >= 0.3 is 5.97 Å². The van der Waals surface area contributed by atoms with Gasteiger partial charge in [-0.25, -0.2) is 4.79 Å². The number of aromatic carboxylic acids is 1. The Kier molecular flexibility index (Phi) is 2.04. The van der Waals surface area contributed by atoms with E-state index < -0.39 is 5.97 Å². The molecule has 0 spiro atoms. The highest BCUT2D eigenvalue weighted by Crippen LogP contribution is 2.32. The van der Waals surface area contributed by atoms with Crippen LogP contribution in [0.15, 0.2) is 12.3 Å². The van der Waals surface area contributed by atoms with Gasteiger partial charge in [0.1, 0.15) is 5.69 Å². The zero-order valence-corrected chi connectivity index (χ0v) is 7.31. The number of nitrogens with zero attached hydrogens (tertiary/aromatic N) is 2. The molecule has 0 radical (unpaired) electrons. The first kappa shape index (κ1) is 8.29. The summed E-state index contributed by atoms with van der Waals surface area (Å²) in [5.41, 5.74) is 0.292. The fourth-order valence-electron chi connectivity index (χ4n) is 1.40. The topological polar surface area (TPSA) is 55.1 Å². The second-order valence-electron chi connectivity index (χ2n) is 3.48. The van der Waals surface area contributed by atoms with E-state index in [0.29, 0.717) is 5.69 Å². The lowest BCUT2D eigenvalue weighted by Crippen LogP contribution is -2.10. The molecular formula is C9H12N2O2. The van der Waals surface area contributed by atoms with Crippen molar-refractivity contribution >= 4 is 5.97 Å². The molecule has 0 atom stereocenters. The summed E-state index contributed by atoms with van der Waals surface area (Å²) in [5.74, 6) is -0.0841. The predicted octanol–water partition coefficient (Wildman–Crippen LogP) is 1.38. The number of aromatic nitrogens is 2. The fourth-order valence-corrected chi connectivity index (χ4v) is 1.40. The third-order valence-corrected chi connectivity index (χ3v) is 2.38. The Morgan fingerprint density at radius 2 is 2.46 bits per heavy atom. The lowest BCUT2D eigenvalue weighted by molar-refractivity contribution is 0.0683. The van der Waals surface area contributed by atoms with Crippen LogP contribution in [0.1, 0.15) is 29.8 Å². The maximum Gasteiger partial charge on any atom is 0.354 e. The molecule has 0 bridgehead atoms. The van der Waals surface area contributed by atoms with Crippen molar-refractivity contribution in [3.05, 3.63) is 18.0 Å². The first-order valence-corrected chi connectivity index (χ1v) is 4.52. The smallest absolute Gasteiger partial charge is 0.354 e. The molecule has 1 aliphatic carbocycles. The van der Waals surface area contributed by atoms with Gasteiger partial charge in [0, 0.05) is 12.7 Å². The molecule has 1 fully saturated rings. The lowest BCUT2D eigenvalue weighted by Gasteiger charge is -2.02. The van der Waals surface area contributed by atoms with Crippen molar-refractivity contribution < 1.29 is 9.90 Å². The average Bonchev–Trinajstić information content (AvgIpc) is 2.79. The van der Waals surface area contributed by atoms with Gasteiger partial charge in [0.05, 0.1) is 0 Å². The van der Waals surface area contributed by atoms with E-state index in [9.17, 15) is 4.79 Å². The molecule has 0 aromatic carbocycles. The van der Waals surface area contributed by atoms with Crippen LogP contribution in [0.2, 0.25) is 0 Å². The van der Waals surface area contributed by atoms with Crippen molar-refractivity contribution in [3.63, 3.8) is 0 Å². The van der Waals surface area contributed by atoms with Crippen molar-refractivity contribution in [2.75, 3.05) is 0 Å². The molecule has 1 aliphatic rings. The molecule has 1 aromatic rings. The molecule has 4 heteroatoms. The van der Waals surface area contributed by atoms with Gasteiger partial charge in [-0.05, 0) is 18.4 Å². The molecule has 1 aromatic heterocycles. The second-order valence-corrected chi connectivity index (χ2v) is 3.48. The third-order valence-electron chi connectivity index (χ3n) is 2.38. The number of carboxylic acids is 1. The highest BCUT2D eigenvalue weighted by Gasteiger charge is 2.21. The zero-order chi connectivity index (χ0) is 9.26. The summed E-state index contributed by atoms with van der Waals surface area (Å²) in [6.07, 6.45) is 5.19. The largest absolute Gasteiger partial charge is 0.477 e. The van der Waals surface area contributed by atoms with E-state index in [2.05, 4.69) is 5.10 Å². The Balaban J connectivity index is 2.00. The molecular weight excluding hydrogens is 168 g/mol. The average molecular weight is 180 g/mol. The van der Waals surface area contributed by atoms with Crippen molar-refractivity contribution in [2.45, 2.75) is 25.8 Å². The minimum atomic E-state index is -0.895. The number of carbonyl (C=O) groups is 1. The van der Waals surface area contributed by atoms with Crippen molar-refractivity contribution in [2.24, 2.45) is 5.92 Å². The van der Waals surface area contributed by atoms with Crippen LogP contribution in [-0.4, -0.2) is 20.9 Å². The van der Waals surface area contributed by atoms with E-state index in [1.54, 1.807) is 4.68 Å². The molecule has 0 amide bonds. The van der Waals surface area contributed by atoms with Gasteiger partial charge in [0.2, 0.25) is 0 Å². The van der Waals surface area contributed by atoms with Crippen LogP contribution in [0, 0.1) is 5.92 Å². The van der Waals surface area contributed by atoms with Crippen LogP contribution in [0.5, 0.6) is 0 Å². The standard InChI is InChI=1S/C9H12N2O2/c12-9(13)8-3-5-10-11(8)6-4-7-1-2-7/h3,5,7H,1-2,4,6H2,(H,12,13). The Morgan fingerprint density at radius 3 is 3.08 bits per heavy atom.